The van der Waals surface area contributed by atoms with Crippen LogP contribution in [0.25, 0.3) is 0 Å². The van der Waals surface area contributed by atoms with Gasteiger partial charge in [-0.3, -0.25) is 0 Å². The van der Waals surface area contributed by atoms with Crippen molar-refractivity contribution >= 4 is 9.84 Å². The second-order valence-corrected chi connectivity index (χ2v) is 6.59. The van der Waals surface area contributed by atoms with Crippen LogP contribution >= 0.6 is 0 Å². The fourth-order valence-electron chi connectivity index (χ4n) is 2.04. The SMILES string of the molecule is CCNC1CCN(CCCS(C)(=O)=O)C1. The van der Waals surface area contributed by atoms with Gasteiger partial charge in [-0.1, -0.05) is 6.92 Å². The van der Waals surface area contributed by atoms with Crippen molar-refractivity contribution in [2.24, 2.45) is 0 Å². The van der Waals surface area contributed by atoms with Gasteiger partial charge in [0.15, 0.2) is 0 Å². The minimum absolute atomic E-state index is 0.315. The van der Waals surface area contributed by atoms with E-state index in [9.17, 15) is 8.42 Å². The molecule has 1 aliphatic heterocycles. The number of likely N-dealkylation sites (tertiary alicyclic amines) is 1. The first-order chi connectivity index (χ1) is 7.01. The third-order valence-corrected chi connectivity index (χ3v) is 3.78. The highest BCUT2D eigenvalue weighted by molar-refractivity contribution is 7.90. The number of likely N-dealkylation sites (N-methyl/N-ethyl adjacent to an activating group) is 1. The molecule has 0 saturated carbocycles. The number of hydrogen-bond acceptors (Lipinski definition) is 4. The van der Waals surface area contributed by atoms with Crippen molar-refractivity contribution in [3.05, 3.63) is 0 Å². The fourth-order valence-corrected chi connectivity index (χ4v) is 2.69. The number of nitrogens with zero attached hydrogens (tertiary/aromatic N) is 1. The second kappa shape index (κ2) is 5.82. The monoisotopic (exact) mass is 234 g/mol. The van der Waals surface area contributed by atoms with Crippen molar-refractivity contribution in [2.75, 3.05) is 38.2 Å². The zero-order valence-corrected chi connectivity index (χ0v) is 10.5. The van der Waals surface area contributed by atoms with E-state index in [1.807, 2.05) is 0 Å². The molecule has 1 N–H and O–H groups in total. The Morgan fingerprint density at radius 3 is 2.80 bits per heavy atom. The van der Waals surface area contributed by atoms with Crippen LogP contribution in [0.15, 0.2) is 0 Å². The van der Waals surface area contributed by atoms with Gasteiger partial charge in [0.05, 0.1) is 5.75 Å². The van der Waals surface area contributed by atoms with Crippen LogP contribution < -0.4 is 5.32 Å². The van der Waals surface area contributed by atoms with E-state index < -0.39 is 9.84 Å². The summed E-state index contributed by atoms with van der Waals surface area (Å²) in [5, 5.41) is 3.42. The third-order valence-electron chi connectivity index (χ3n) is 2.75. The molecule has 4 nitrogen and oxygen atoms in total. The lowest BCUT2D eigenvalue weighted by molar-refractivity contribution is 0.329. The maximum atomic E-state index is 10.9. The first-order valence-corrected chi connectivity index (χ1v) is 7.71. The lowest BCUT2D eigenvalue weighted by atomic mass is 10.3. The molecule has 0 amide bonds. The number of sulfone groups is 1. The molecule has 1 heterocycles. The van der Waals surface area contributed by atoms with Crippen LogP contribution in [0.5, 0.6) is 0 Å². The van der Waals surface area contributed by atoms with Gasteiger partial charge in [-0.05, 0) is 32.5 Å². The average molecular weight is 234 g/mol. The van der Waals surface area contributed by atoms with Crippen molar-refractivity contribution < 1.29 is 8.42 Å². The number of nitrogens with one attached hydrogen (secondary N) is 1. The Labute approximate surface area is 93.0 Å². The molecule has 15 heavy (non-hydrogen) atoms. The van der Waals surface area contributed by atoms with Gasteiger partial charge in [-0.2, -0.15) is 0 Å². The summed E-state index contributed by atoms with van der Waals surface area (Å²) in [7, 11) is -2.78. The van der Waals surface area contributed by atoms with Gasteiger partial charge in [0.2, 0.25) is 0 Å². The smallest absolute Gasteiger partial charge is 0.147 e. The Bertz CT molecular complexity index is 277. The molecule has 90 valence electrons. The van der Waals surface area contributed by atoms with Gasteiger partial charge < -0.3 is 10.2 Å². The van der Waals surface area contributed by atoms with Crippen LogP contribution in [-0.4, -0.2) is 57.5 Å². The van der Waals surface area contributed by atoms with E-state index in [0.29, 0.717) is 11.8 Å². The van der Waals surface area contributed by atoms with E-state index in [1.165, 1.54) is 12.7 Å². The van der Waals surface area contributed by atoms with Gasteiger partial charge in [-0.25, -0.2) is 8.42 Å². The highest BCUT2D eigenvalue weighted by atomic mass is 32.2. The van der Waals surface area contributed by atoms with Crippen molar-refractivity contribution in [2.45, 2.75) is 25.8 Å². The third kappa shape index (κ3) is 5.49. The highest BCUT2D eigenvalue weighted by Crippen LogP contribution is 2.09. The van der Waals surface area contributed by atoms with E-state index in [1.54, 1.807) is 0 Å². The maximum absolute atomic E-state index is 10.9. The Morgan fingerprint density at radius 1 is 1.47 bits per heavy atom. The Hall–Kier alpha value is -0.130. The molecule has 0 aromatic rings. The summed E-state index contributed by atoms with van der Waals surface area (Å²) in [6.45, 7) is 6.21. The van der Waals surface area contributed by atoms with Crippen molar-refractivity contribution in [3.8, 4) is 0 Å². The predicted octanol–water partition coefficient (Wildman–Crippen LogP) is 0.105. The minimum atomic E-state index is -2.78. The molecule has 1 aliphatic rings. The molecular formula is C10H22N2O2S. The topological polar surface area (TPSA) is 49.4 Å². The Kier molecular flexibility index (Phi) is 5.02. The zero-order valence-electron chi connectivity index (χ0n) is 9.70. The molecular weight excluding hydrogens is 212 g/mol. The quantitative estimate of drug-likeness (QED) is 0.708. The summed E-state index contributed by atoms with van der Waals surface area (Å²) in [5.41, 5.74) is 0. The molecule has 1 unspecified atom stereocenters. The van der Waals surface area contributed by atoms with Crippen molar-refractivity contribution in [3.63, 3.8) is 0 Å². The van der Waals surface area contributed by atoms with E-state index in [4.69, 9.17) is 0 Å². The molecule has 1 fully saturated rings. The molecule has 0 aliphatic carbocycles. The summed E-state index contributed by atoms with van der Waals surface area (Å²) in [4.78, 5) is 2.35. The number of rotatable bonds is 6. The minimum Gasteiger partial charge on any atom is -0.313 e. The summed E-state index contributed by atoms with van der Waals surface area (Å²) >= 11 is 0. The van der Waals surface area contributed by atoms with Crippen molar-refractivity contribution in [1.29, 1.82) is 0 Å². The lowest BCUT2D eigenvalue weighted by Gasteiger charge is -2.15. The molecule has 0 radical (unpaired) electrons. The highest BCUT2D eigenvalue weighted by Gasteiger charge is 2.20. The van der Waals surface area contributed by atoms with Gasteiger partial charge in [-0.15, -0.1) is 0 Å². The van der Waals surface area contributed by atoms with Crippen LogP contribution in [0.2, 0.25) is 0 Å². The van der Waals surface area contributed by atoms with Gasteiger partial charge in [0, 0.05) is 18.8 Å². The average Bonchev–Trinajstić information content (AvgIpc) is 2.51. The molecule has 1 saturated heterocycles. The first-order valence-electron chi connectivity index (χ1n) is 5.64. The van der Waals surface area contributed by atoms with E-state index in [2.05, 4.69) is 17.1 Å². The van der Waals surface area contributed by atoms with Crippen LogP contribution in [0.1, 0.15) is 19.8 Å². The summed E-state index contributed by atoms with van der Waals surface area (Å²) in [6.07, 6.45) is 3.25. The van der Waals surface area contributed by atoms with Crippen LogP contribution in [0, 0.1) is 0 Å². The van der Waals surface area contributed by atoms with Crippen LogP contribution in [0.3, 0.4) is 0 Å². The maximum Gasteiger partial charge on any atom is 0.147 e. The van der Waals surface area contributed by atoms with Crippen LogP contribution in [0.4, 0.5) is 0 Å². The molecule has 1 rings (SSSR count). The van der Waals surface area contributed by atoms with Crippen LogP contribution in [-0.2, 0) is 9.84 Å². The molecule has 0 aromatic carbocycles. The largest absolute Gasteiger partial charge is 0.313 e. The summed E-state index contributed by atoms with van der Waals surface area (Å²) < 4.78 is 21.9. The van der Waals surface area contributed by atoms with Gasteiger partial charge in [0.1, 0.15) is 9.84 Å². The predicted molar refractivity (Wildman–Crippen MR) is 62.8 cm³/mol. The van der Waals surface area contributed by atoms with Gasteiger partial charge in [0.25, 0.3) is 0 Å². The normalized spacial score (nSPS) is 23.5. The second-order valence-electron chi connectivity index (χ2n) is 4.33. The fraction of sp³-hybridized carbons (Fsp3) is 1.00. The Morgan fingerprint density at radius 2 is 2.20 bits per heavy atom. The molecule has 0 bridgehead atoms. The van der Waals surface area contributed by atoms with Gasteiger partial charge >= 0.3 is 0 Å². The lowest BCUT2D eigenvalue weighted by Crippen LogP contribution is -2.32. The first kappa shape index (κ1) is 12.9. The molecule has 0 spiro atoms. The standard InChI is InChI=1S/C10H22N2O2S/c1-3-11-10-5-7-12(9-10)6-4-8-15(2,13)14/h10-11H,3-9H2,1-2H3. The van der Waals surface area contributed by atoms with Crippen molar-refractivity contribution in [1.82, 2.24) is 10.2 Å². The molecule has 0 aromatic heterocycles. The Balaban J connectivity index is 2.14. The summed E-state index contributed by atoms with van der Waals surface area (Å²) in [5.74, 6) is 0.315. The molecule has 1 atom stereocenters. The zero-order chi connectivity index (χ0) is 11.3. The van der Waals surface area contributed by atoms with E-state index in [0.717, 1.165) is 32.6 Å². The number of hydrogen-bond donors (Lipinski definition) is 1. The van der Waals surface area contributed by atoms with E-state index >= 15 is 0 Å². The van der Waals surface area contributed by atoms with E-state index in [-0.39, 0.29) is 0 Å². The molecule has 5 heteroatoms. The summed E-state index contributed by atoms with van der Waals surface area (Å²) in [6, 6.07) is 0.605.